The molecule has 0 unspecified atom stereocenters. The molecule has 2 aromatic rings. The van der Waals surface area contributed by atoms with Gasteiger partial charge in [0.1, 0.15) is 11.5 Å². The predicted octanol–water partition coefficient (Wildman–Crippen LogP) is 3.03. The highest BCUT2D eigenvalue weighted by Crippen LogP contribution is 2.27. The molecule has 1 aromatic heterocycles. The number of carbonyl (C=O) groups excluding carboxylic acids is 1. The second-order valence-electron chi connectivity index (χ2n) is 6.10. The molecule has 0 radical (unpaired) electrons. The molecule has 0 bridgehead atoms. The molecular formula is C18H21N3O3. The minimum absolute atomic E-state index is 0.119. The van der Waals surface area contributed by atoms with Gasteiger partial charge in [0.25, 0.3) is 5.91 Å². The van der Waals surface area contributed by atoms with E-state index in [1.54, 1.807) is 0 Å². The Bertz CT molecular complexity index is 733. The minimum atomic E-state index is -0.188. The Balaban J connectivity index is 1.55. The van der Waals surface area contributed by atoms with Gasteiger partial charge in [0.15, 0.2) is 6.10 Å². The van der Waals surface area contributed by atoms with Gasteiger partial charge in [-0.2, -0.15) is 0 Å². The lowest BCUT2D eigenvalue weighted by Gasteiger charge is -2.12. The highest BCUT2D eigenvalue weighted by Gasteiger charge is 2.27. The highest BCUT2D eigenvalue weighted by molar-refractivity contribution is 6.39. The van der Waals surface area contributed by atoms with Gasteiger partial charge < -0.3 is 14.7 Å². The van der Waals surface area contributed by atoms with Crippen LogP contribution in [0.4, 0.5) is 0 Å². The predicted molar refractivity (Wildman–Crippen MR) is 89.7 cm³/mol. The van der Waals surface area contributed by atoms with Gasteiger partial charge in [0.05, 0.1) is 5.69 Å². The number of hydrogen-bond acceptors (Lipinski definition) is 5. The number of nitrogens with one attached hydrogen (secondary N) is 1. The first kappa shape index (κ1) is 16.2. The lowest BCUT2D eigenvalue weighted by atomic mass is 9.99. The van der Waals surface area contributed by atoms with Gasteiger partial charge in [0.2, 0.25) is 0 Å². The van der Waals surface area contributed by atoms with Gasteiger partial charge in [-0.25, -0.2) is 0 Å². The molecule has 2 atom stereocenters. The molecule has 0 spiro atoms. The average Bonchev–Trinajstić information content (AvgIpc) is 3.20. The number of aryl methyl sites for hydroxylation is 2. The van der Waals surface area contributed by atoms with E-state index in [-0.39, 0.29) is 17.9 Å². The number of carbonyl (C=O) groups is 1. The molecule has 6 heteroatoms. The molecule has 1 aliphatic rings. The first-order chi connectivity index (χ1) is 11.6. The molecular weight excluding hydrogens is 306 g/mol. The van der Waals surface area contributed by atoms with E-state index in [9.17, 15) is 4.79 Å². The summed E-state index contributed by atoms with van der Waals surface area (Å²) in [5.41, 5.74) is 3.35. The first-order valence-corrected chi connectivity index (χ1v) is 8.05. The van der Waals surface area contributed by atoms with Crippen molar-refractivity contribution in [3.63, 3.8) is 0 Å². The van der Waals surface area contributed by atoms with E-state index >= 15 is 0 Å². The zero-order chi connectivity index (χ0) is 17.1. The van der Waals surface area contributed by atoms with E-state index in [1.807, 2.05) is 51.1 Å². The van der Waals surface area contributed by atoms with Crippen LogP contribution in [0.5, 0.6) is 0 Å². The number of aromatic nitrogens is 1. The van der Waals surface area contributed by atoms with Crippen LogP contribution in [0.3, 0.4) is 0 Å². The van der Waals surface area contributed by atoms with Crippen molar-refractivity contribution in [3.8, 4) is 0 Å². The summed E-state index contributed by atoms with van der Waals surface area (Å²) in [7, 11) is 0. The standard InChI is InChI=1S/C18H21N3O3/c1-11(17-12(2)20-23-13(17)3)10-19-18(22)15-9-16(24-21-15)14-7-5-4-6-8-14/h4-8,11,16H,9-10H2,1-3H3,(H,19,22)/t11-,16-/m0/s1. The Morgan fingerprint density at radius 1 is 1.33 bits per heavy atom. The maximum atomic E-state index is 12.3. The summed E-state index contributed by atoms with van der Waals surface area (Å²) in [6.07, 6.45) is 0.294. The van der Waals surface area contributed by atoms with Crippen LogP contribution in [0.25, 0.3) is 0 Å². The van der Waals surface area contributed by atoms with E-state index in [0.717, 1.165) is 22.6 Å². The summed E-state index contributed by atoms with van der Waals surface area (Å²) in [4.78, 5) is 17.7. The van der Waals surface area contributed by atoms with Crippen LogP contribution < -0.4 is 5.32 Å². The molecule has 0 aliphatic carbocycles. The monoisotopic (exact) mass is 327 g/mol. The SMILES string of the molecule is Cc1noc(C)c1[C@@H](C)CNC(=O)C1=NO[C@H](c2ccccc2)C1. The van der Waals surface area contributed by atoms with Crippen molar-refractivity contribution < 1.29 is 14.2 Å². The fourth-order valence-corrected chi connectivity index (χ4v) is 3.00. The van der Waals surface area contributed by atoms with E-state index in [4.69, 9.17) is 9.36 Å². The molecule has 1 aliphatic heterocycles. The summed E-state index contributed by atoms with van der Waals surface area (Å²) in [6.45, 7) is 6.32. The van der Waals surface area contributed by atoms with E-state index < -0.39 is 0 Å². The third-order valence-corrected chi connectivity index (χ3v) is 4.25. The summed E-state index contributed by atoms with van der Waals surface area (Å²) in [5.74, 6) is 0.722. The normalized spacial score (nSPS) is 18.0. The third kappa shape index (κ3) is 3.32. The summed E-state index contributed by atoms with van der Waals surface area (Å²) in [6, 6.07) is 9.79. The van der Waals surface area contributed by atoms with Gasteiger partial charge in [-0.1, -0.05) is 47.6 Å². The van der Waals surface area contributed by atoms with Crippen LogP contribution in [0.15, 0.2) is 40.0 Å². The zero-order valence-electron chi connectivity index (χ0n) is 14.1. The Labute approximate surface area is 140 Å². The Kier molecular flexibility index (Phi) is 4.64. The van der Waals surface area contributed by atoms with Crippen molar-refractivity contribution in [3.05, 3.63) is 52.9 Å². The Hall–Kier alpha value is -2.63. The van der Waals surface area contributed by atoms with Crippen LogP contribution in [-0.4, -0.2) is 23.3 Å². The van der Waals surface area contributed by atoms with Crippen LogP contribution in [0.1, 0.15) is 47.9 Å². The van der Waals surface area contributed by atoms with Crippen molar-refractivity contribution in [2.45, 2.75) is 39.2 Å². The summed E-state index contributed by atoms with van der Waals surface area (Å²) >= 11 is 0. The molecule has 1 aromatic carbocycles. The second kappa shape index (κ2) is 6.86. The van der Waals surface area contributed by atoms with Crippen LogP contribution in [-0.2, 0) is 9.63 Å². The zero-order valence-corrected chi connectivity index (χ0v) is 14.1. The lowest BCUT2D eigenvalue weighted by molar-refractivity contribution is -0.115. The topological polar surface area (TPSA) is 76.7 Å². The van der Waals surface area contributed by atoms with Gasteiger partial charge >= 0.3 is 0 Å². The van der Waals surface area contributed by atoms with Crippen molar-refractivity contribution in [1.29, 1.82) is 0 Å². The Morgan fingerprint density at radius 3 is 2.75 bits per heavy atom. The van der Waals surface area contributed by atoms with Crippen LogP contribution >= 0.6 is 0 Å². The lowest BCUT2D eigenvalue weighted by Crippen LogP contribution is -2.33. The van der Waals surface area contributed by atoms with Crippen molar-refractivity contribution >= 4 is 11.6 Å². The van der Waals surface area contributed by atoms with E-state index in [1.165, 1.54) is 0 Å². The molecule has 0 fully saturated rings. The van der Waals surface area contributed by atoms with Gasteiger partial charge in [-0.05, 0) is 19.4 Å². The summed E-state index contributed by atoms with van der Waals surface area (Å²) in [5, 5.41) is 10.8. The molecule has 2 heterocycles. The third-order valence-electron chi connectivity index (χ3n) is 4.25. The van der Waals surface area contributed by atoms with Crippen molar-refractivity contribution in [2.24, 2.45) is 5.16 Å². The molecule has 0 saturated heterocycles. The average molecular weight is 327 g/mol. The quantitative estimate of drug-likeness (QED) is 0.916. The number of hydrogen-bond donors (Lipinski definition) is 1. The van der Waals surface area contributed by atoms with Crippen LogP contribution in [0, 0.1) is 13.8 Å². The van der Waals surface area contributed by atoms with Gasteiger partial charge in [-0.3, -0.25) is 4.79 Å². The van der Waals surface area contributed by atoms with Gasteiger partial charge in [0, 0.05) is 24.4 Å². The molecule has 24 heavy (non-hydrogen) atoms. The molecule has 6 nitrogen and oxygen atoms in total. The fraction of sp³-hybridized carbons (Fsp3) is 0.389. The number of amides is 1. The second-order valence-corrected chi connectivity index (χ2v) is 6.10. The summed E-state index contributed by atoms with van der Waals surface area (Å²) < 4.78 is 5.18. The van der Waals surface area contributed by atoms with E-state index in [0.29, 0.717) is 18.7 Å². The number of benzene rings is 1. The minimum Gasteiger partial charge on any atom is -0.387 e. The van der Waals surface area contributed by atoms with Gasteiger partial charge in [-0.15, -0.1) is 0 Å². The van der Waals surface area contributed by atoms with Crippen molar-refractivity contribution in [1.82, 2.24) is 10.5 Å². The molecule has 3 rings (SSSR count). The number of rotatable bonds is 5. The van der Waals surface area contributed by atoms with E-state index in [2.05, 4.69) is 15.6 Å². The maximum absolute atomic E-state index is 12.3. The number of nitrogens with zero attached hydrogens (tertiary/aromatic N) is 2. The Morgan fingerprint density at radius 2 is 2.08 bits per heavy atom. The maximum Gasteiger partial charge on any atom is 0.269 e. The molecule has 1 N–H and O–H groups in total. The molecule has 1 amide bonds. The fourth-order valence-electron chi connectivity index (χ4n) is 3.00. The number of oxime groups is 1. The largest absolute Gasteiger partial charge is 0.387 e. The molecule has 0 saturated carbocycles. The smallest absolute Gasteiger partial charge is 0.269 e. The van der Waals surface area contributed by atoms with Crippen molar-refractivity contribution in [2.75, 3.05) is 6.54 Å². The molecule has 126 valence electrons. The first-order valence-electron chi connectivity index (χ1n) is 8.05. The van der Waals surface area contributed by atoms with Crippen LogP contribution in [0.2, 0.25) is 0 Å². The highest BCUT2D eigenvalue weighted by atomic mass is 16.6.